The number of hydrogen-bond acceptors (Lipinski definition) is 4. The zero-order valence-electron chi connectivity index (χ0n) is 15.2. The van der Waals surface area contributed by atoms with Gasteiger partial charge in [0.2, 0.25) is 10.0 Å². The minimum absolute atomic E-state index is 0.113. The second-order valence-corrected chi connectivity index (χ2v) is 9.59. The molecule has 2 unspecified atom stereocenters. The number of rotatable bonds is 4. The Kier molecular flexibility index (Phi) is 4.79. The smallest absolute Gasteiger partial charge is 0.272 e. The molecule has 0 saturated carbocycles. The van der Waals surface area contributed by atoms with Crippen LogP contribution in [-0.4, -0.2) is 55.8 Å². The lowest BCUT2D eigenvalue weighted by Crippen LogP contribution is -2.60. The van der Waals surface area contributed by atoms with Gasteiger partial charge in [-0.2, -0.15) is 4.31 Å². The number of nitrogens with zero attached hydrogens (tertiary/aromatic N) is 2. The molecule has 0 aromatic heterocycles. The molecule has 5 nitrogen and oxygen atoms in total. The number of halogens is 3. The Balaban J connectivity index is 1.48. The molecule has 1 aromatic rings. The normalized spacial score (nSPS) is 28.2. The van der Waals surface area contributed by atoms with Gasteiger partial charge in [-0.25, -0.2) is 21.6 Å². The van der Waals surface area contributed by atoms with Crippen molar-refractivity contribution in [1.82, 2.24) is 9.21 Å². The van der Waals surface area contributed by atoms with Crippen LogP contribution in [0.25, 0.3) is 0 Å². The molecule has 2 N–H and O–H groups in total. The molecule has 2 fully saturated rings. The van der Waals surface area contributed by atoms with E-state index in [2.05, 4.69) is 0 Å². The third-order valence-electron chi connectivity index (χ3n) is 5.65. The second kappa shape index (κ2) is 6.89. The summed E-state index contributed by atoms with van der Waals surface area (Å²) in [7, 11) is -3.87. The maximum atomic E-state index is 14.6. The molecule has 2 atom stereocenters. The van der Waals surface area contributed by atoms with Crippen molar-refractivity contribution >= 4 is 10.0 Å². The van der Waals surface area contributed by atoms with Crippen LogP contribution in [0.3, 0.4) is 0 Å². The van der Waals surface area contributed by atoms with Crippen molar-refractivity contribution in [3.05, 3.63) is 53.5 Å². The van der Waals surface area contributed by atoms with Crippen LogP contribution in [0.15, 0.2) is 47.0 Å². The van der Waals surface area contributed by atoms with Gasteiger partial charge in [-0.15, -0.1) is 0 Å². The molecule has 1 aliphatic carbocycles. The van der Waals surface area contributed by atoms with Crippen LogP contribution in [0.1, 0.15) is 24.3 Å². The first kappa shape index (κ1) is 19.5. The van der Waals surface area contributed by atoms with Gasteiger partial charge in [0.15, 0.2) is 0 Å². The molecule has 0 radical (unpaired) electrons. The minimum Gasteiger partial charge on any atom is -0.399 e. The first-order valence-electron chi connectivity index (χ1n) is 9.21. The number of likely N-dealkylation sites (tertiary alicyclic amines) is 1. The van der Waals surface area contributed by atoms with E-state index < -0.39 is 21.8 Å². The highest BCUT2D eigenvalue weighted by Gasteiger charge is 2.48. The molecule has 0 bridgehead atoms. The highest BCUT2D eigenvalue weighted by Crippen LogP contribution is 2.34. The summed E-state index contributed by atoms with van der Waals surface area (Å²) in [6, 6.07) is 3.73. The van der Waals surface area contributed by atoms with E-state index in [1.165, 1.54) is 16.4 Å². The fourth-order valence-electron chi connectivity index (χ4n) is 4.02. The number of hydrogen-bond donors (Lipinski definition) is 1. The Morgan fingerprint density at radius 3 is 2.57 bits per heavy atom. The molecular weight excluding hydrogens is 391 g/mol. The molecule has 0 spiro atoms. The first-order valence-corrected chi connectivity index (χ1v) is 10.6. The van der Waals surface area contributed by atoms with Crippen LogP contribution in [0.5, 0.6) is 0 Å². The Bertz CT molecular complexity index is 938. The lowest BCUT2D eigenvalue weighted by Gasteiger charge is -2.42. The Labute approximate surface area is 162 Å². The molecule has 0 amide bonds. The highest BCUT2D eigenvalue weighted by molar-refractivity contribution is 7.89. The van der Waals surface area contributed by atoms with E-state index in [0.29, 0.717) is 24.1 Å². The second-order valence-electron chi connectivity index (χ2n) is 7.66. The van der Waals surface area contributed by atoms with Gasteiger partial charge in [0.1, 0.15) is 5.82 Å². The minimum atomic E-state index is -3.87. The molecule has 2 aliphatic heterocycles. The summed E-state index contributed by atoms with van der Waals surface area (Å²) in [5, 5.41) is 0. The van der Waals surface area contributed by atoms with E-state index in [1.54, 1.807) is 23.1 Å². The van der Waals surface area contributed by atoms with Gasteiger partial charge in [0, 0.05) is 30.7 Å². The van der Waals surface area contributed by atoms with Gasteiger partial charge < -0.3 is 5.73 Å². The molecular formula is C19H22F3N3O2S. The quantitative estimate of drug-likeness (QED) is 0.823. The van der Waals surface area contributed by atoms with Crippen molar-refractivity contribution in [3.8, 4) is 0 Å². The van der Waals surface area contributed by atoms with Crippen molar-refractivity contribution in [3.63, 3.8) is 0 Å². The number of allylic oxidation sites excluding steroid dienone is 3. The standard InChI is InChI=1S/C19H22F3N3O2S/c20-18-9-16(5-6-17(18)13-1-3-14(23)4-2-13)28(26,27)25-8-7-15(10-25)24-11-19(21,22)12-24/h1,3-6,9,13,15H,2,7-8,10-12,23H2. The molecule has 2 heterocycles. The largest absolute Gasteiger partial charge is 0.399 e. The van der Waals surface area contributed by atoms with Crippen LogP contribution in [0.2, 0.25) is 0 Å². The zero-order chi connectivity index (χ0) is 20.1. The molecule has 4 rings (SSSR count). The van der Waals surface area contributed by atoms with Gasteiger partial charge >= 0.3 is 0 Å². The van der Waals surface area contributed by atoms with Gasteiger partial charge in [-0.05, 0) is 36.6 Å². The third kappa shape index (κ3) is 3.58. The van der Waals surface area contributed by atoms with Gasteiger partial charge in [-0.1, -0.05) is 18.2 Å². The zero-order valence-corrected chi connectivity index (χ0v) is 16.0. The summed E-state index contributed by atoms with van der Waals surface area (Å²) in [5.41, 5.74) is 6.72. The Morgan fingerprint density at radius 2 is 1.96 bits per heavy atom. The number of benzene rings is 1. The van der Waals surface area contributed by atoms with Crippen LogP contribution < -0.4 is 5.73 Å². The van der Waals surface area contributed by atoms with Crippen LogP contribution in [0.4, 0.5) is 13.2 Å². The van der Waals surface area contributed by atoms with E-state index in [1.807, 2.05) is 0 Å². The topological polar surface area (TPSA) is 66.6 Å². The van der Waals surface area contributed by atoms with Crippen LogP contribution >= 0.6 is 0 Å². The summed E-state index contributed by atoms with van der Waals surface area (Å²) in [6.45, 7) is -0.267. The van der Waals surface area contributed by atoms with Gasteiger partial charge in [-0.3, -0.25) is 4.90 Å². The third-order valence-corrected chi connectivity index (χ3v) is 7.51. The van der Waals surface area contributed by atoms with Crippen LogP contribution in [-0.2, 0) is 10.0 Å². The maximum Gasteiger partial charge on any atom is 0.272 e. The van der Waals surface area contributed by atoms with E-state index in [9.17, 15) is 21.6 Å². The Morgan fingerprint density at radius 1 is 1.21 bits per heavy atom. The molecule has 152 valence electrons. The lowest BCUT2D eigenvalue weighted by atomic mass is 9.91. The summed E-state index contributed by atoms with van der Waals surface area (Å²) >= 11 is 0. The summed E-state index contributed by atoms with van der Waals surface area (Å²) in [5.74, 6) is -3.45. The number of nitrogens with two attached hydrogens (primary N) is 1. The van der Waals surface area contributed by atoms with Crippen molar-refractivity contribution in [2.24, 2.45) is 5.73 Å². The van der Waals surface area contributed by atoms with Crippen molar-refractivity contribution < 1.29 is 21.6 Å². The molecule has 1 aromatic carbocycles. The summed E-state index contributed by atoms with van der Waals surface area (Å²) in [4.78, 5) is 1.49. The van der Waals surface area contributed by atoms with Crippen molar-refractivity contribution in [2.45, 2.75) is 35.6 Å². The number of sulfonamides is 1. The van der Waals surface area contributed by atoms with Crippen molar-refractivity contribution in [2.75, 3.05) is 26.2 Å². The van der Waals surface area contributed by atoms with E-state index in [-0.39, 0.29) is 43.0 Å². The first-order chi connectivity index (χ1) is 13.2. The Hall–Kier alpha value is -1.84. The SMILES string of the molecule is NC1=CCC(c2ccc(S(=O)(=O)N3CCC(N4CC(F)(F)C4)C3)cc2F)C=C1. The molecule has 28 heavy (non-hydrogen) atoms. The van der Waals surface area contributed by atoms with E-state index in [4.69, 9.17) is 5.73 Å². The summed E-state index contributed by atoms with van der Waals surface area (Å²) < 4.78 is 67.8. The molecule has 2 saturated heterocycles. The predicted octanol–water partition coefficient (Wildman–Crippen LogP) is 2.43. The molecule has 3 aliphatic rings. The number of alkyl halides is 2. The average molecular weight is 413 g/mol. The predicted molar refractivity (Wildman–Crippen MR) is 98.9 cm³/mol. The fourth-order valence-corrected chi connectivity index (χ4v) is 5.52. The monoisotopic (exact) mass is 413 g/mol. The van der Waals surface area contributed by atoms with Gasteiger partial charge in [0.05, 0.1) is 18.0 Å². The molecule has 9 heteroatoms. The van der Waals surface area contributed by atoms with E-state index >= 15 is 0 Å². The van der Waals surface area contributed by atoms with E-state index in [0.717, 1.165) is 6.07 Å². The fraction of sp³-hybridized carbons (Fsp3) is 0.474. The maximum absolute atomic E-state index is 14.6. The lowest BCUT2D eigenvalue weighted by molar-refractivity contribution is -0.143. The van der Waals surface area contributed by atoms with Crippen LogP contribution in [0, 0.1) is 5.82 Å². The van der Waals surface area contributed by atoms with Gasteiger partial charge in [0.25, 0.3) is 5.92 Å². The summed E-state index contributed by atoms with van der Waals surface area (Å²) in [6.07, 6.45) is 6.37. The highest BCUT2D eigenvalue weighted by atomic mass is 32.2. The average Bonchev–Trinajstić information content (AvgIpc) is 3.11. The van der Waals surface area contributed by atoms with Crippen molar-refractivity contribution in [1.29, 1.82) is 0 Å².